The lowest BCUT2D eigenvalue weighted by atomic mass is 10.1. The Morgan fingerprint density at radius 2 is 1.56 bits per heavy atom. The second-order valence-corrected chi connectivity index (χ2v) is 16.3. The van der Waals surface area contributed by atoms with Gasteiger partial charge in [-0.05, 0) is 30.5 Å². The lowest BCUT2D eigenvalue weighted by Gasteiger charge is -2.22. The van der Waals surface area contributed by atoms with Crippen molar-refractivity contribution in [3.8, 4) is 11.3 Å². The van der Waals surface area contributed by atoms with E-state index in [-0.39, 0.29) is 13.0 Å². The Labute approximate surface area is 290 Å². The monoisotopic (exact) mass is 775 g/mol. The van der Waals surface area contributed by atoms with Crippen LogP contribution in [-0.4, -0.2) is 66.4 Å². The molecular formula is C29H33ClN3O14P3. The minimum atomic E-state index is -5.66. The van der Waals surface area contributed by atoms with Gasteiger partial charge in [-0.1, -0.05) is 67.1 Å². The molecule has 4 heterocycles. The highest BCUT2D eigenvalue weighted by atomic mass is 35.5. The van der Waals surface area contributed by atoms with Gasteiger partial charge in [0, 0.05) is 24.4 Å². The van der Waals surface area contributed by atoms with Crippen LogP contribution in [0, 0.1) is 0 Å². The Kier molecular flexibility index (Phi) is 11.3. The molecule has 17 nitrogen and oxygen atoms in total. The molecule has 0 amide bonds. The molecule has 2 saturated heterocycles. The number of ether oxygens (including phenoxy) is 3. The van der Waals surface area contributed by atoms with Gasteiger partial charge in [0.1, 0.15) is 24.0 Å². The zero-order chi connectivity index (χ0) is 35.7. The summed E-state index contributed by atoms with van der Waals surface area (Å²) >= 11 is 6.35. The average Bonchev–Trinajstić information content (AvgIpc) is 3.76. The van der Waals surface area contributed by atoms with Gasteiger partial charge in [0.2, 0.25) is 0 Å². The van der Waals surface area contributed by atoms with Crippen molar-refractivity contribution in [1.29, 1.82) is 0 Å². The summed E-state index contributed by atoms with van der Waals surface area (Å²) in [5, 5.41) is 0.448. The molecular weight excluding hydrogens is 743 g/mol. The van der Waals surface area contributed by atoms with Crippen molar-refractivity contribution in [2.24, 2.45) is 0 Å². The number of phosphoric acid groups is 3. The smallest absolute Gasteiger partial charge is 0.346 e. The summed E-state index contributed by atoms with van der Waals surface area (Å²) in [5.74, 6) is 0. The fourth-order valence-corrected chi connectivity index (χ4v) is 9.35. The number of fused-ring (bicyclic) bond motifs is 2. The van der Waals surface area contributed by atoms with E-state index in [0.29, 0.717) is 34.8 Å². The third-order valence-corrected chi connectivity index (χ3v) is 12.3. The van der Waals surface area contributed by atoms with Crippen LogP contribution in [0.1, 0.15) is 31.6 Å². The molecule has 2 fully saturated rings. The molecule has 3 N–H and O–H groups in total. The molecule has 0 radical (unpaired) electrons. The molecule has 2 aliphatic heterocycles. The molecule has 2 aromatic heterocycles. The normalized spacial score (nSPS) is 25.6. The molecule has 21 heteroatoms. The first-order chi connectivity index (χ1) is 23.7. The topological polar surface area (TPSA) is 216 Å². The van der Waals surface area contributed by atoms with Gasteiger partial charge >= 0.3 is 29.2 Å². The molecule has 6 rings (SSSR count). The number of aryl methyl sites for hydroxylation is 1. The molecule has 2 aromatic carbocycles. The fourth-order valence-electron chi connectivity index (χ4n) is 5.51. The van der Waals surface area contributed by atoms with E-state index in [0.717, 1.165) is 5.56 Å². The number of phosphoric ester groups is 2. The molecule has 0 saturated carbocycles. The fraction of sp³-hybridized carbons (Fsp3) is 0.379. The van der Waals surface area contributed by atoms with E-state index in [1.807, 2.05) is 30.3 Å². The minimum Gasteiger partial charge on any atom is -0.346 e. The van der Waals surface area contributed by atoms with Gasteiger partial charge in [0.15, 0.2) is 12.5 Å². The van der Waals surface area contributed by atoms with E-state index in [1.54, 1.807) is 37.3 Å². The number of nitrogens with zero attached hydrogens (tertiary/aromatic N) is 3. The molecule has 270 valence electrons. The van der Waals surface area contributed by atoms with Crippen LogP contribution in [0.5, 0.6) is 0 Å². The second kappa shape index (κ2) is 15.2. The van der Waals surface area contributed by atoms with Crippen molar-refractivity contribution >= 4 is 40.7 Å². The van der Waals surface area contributed by atoms with Crippen molar-refractivity contribution in [2.45, 2.75) is 57.0 Å². The maximum atomic E-state index is 13.8. The van der Waals surface area contributed by atoms with Gasteiger partial charge in [-0.15, -0.1) is 0 Å². The van der Waals surface area contributed by atoms with Gasteiger partial charge in [0.05, 0.1) is 23.9 Å². The number of aromatic nitrogens is 3. The van der Waals surface area contributed by atoms with E-state index in [9.17, 15) is 33.2 Å². The highest BCUT2D eigenvalue weighted by molar-refractivity contribution is 7.66. The van der Waals surface area contributed by atoms with Gasteiger partial charge in [-0.25, -0.2) is 23.5 Å². The molecule has 8 atom stereocenters. The zero-order valence-corrected chi connectivity index (χ0v) is 29.7. The van der Waals surface area contributed by atoms with Crippen LogP contribution in [0.2, 0.25) is 5.02 Å². The van der Waals surface area contributed by atoms with Gasteiger partial charge < -0.3 is 28.9 Å². The first-order valence-electron chi connectivity index (χ1n) is 15.3. The van der Waals surface area contributed by atoms with Gasteiger partial charge in [-0.3, -0.25) is 18.0 Å². The number of hydrogen-bond donors (Lipinski definition) is 3. The quantitative estimate of drug-likeness (QED) is 0.132. The van der Waals surface area contributed by atoms with Crippen LogP contribution in [0.4, 0.5) is 0 Å². The third kappa shape index (κ3) is 8.72. The van der Waals surface area contributed by atoms with Crippen molar-refractivity contribution in [2.75, 3.05) is 13.2 Å². The van der Waals surface area contributed by atoms with E-state index in [4.69, 9.17) is 30.3 Å². The first kappa shape index (κ1) is 37.2. The van der Waals surface area contributed by atoms with Crippen LogP contribution in [0.15, 0.2) is 77.9 Å². The predicted octanol–water partition coefficient (Wildman–Crippen LogP) is 5.23. The van der Waals surface area contributed by atoms with Crippen LogP contribution < -0.4 is 5.69 Å². The Balaban J connectivity index is 1.22. The molecule has 50 heavy (non-hydrogen) atoms. The van der Waals surface area contributed by atoms with Crippen LogP contribution >= 0.6 is 35.1 Å². The summed E-state index contributed by atoms with van der Waals surface area (Å²) in [4.78, 5) is 48.0. The van der Waals surface area contributed by atoms with E-state index in [2.05, 4.69) is 18.1 Å². The van der Waals surface area contributed by atoms with Gasteiger partial charge in [0.25, 0.3) is 0 Å². The van der Waals surface area contributed by atoms with E-state index in [1.165, 1.54) is 21.4 Å². The highest BCUT2D eigenvalue weighted by Gasteiger charge is 2.54. The second-order valence-electron chi connectivity index (χ2n) is 11.3. The summed E-state index contributed by atoms with van der Waals surface area (Å²) in [6.45, 7) is 0.528. The Morgan fingerprint density at radius 3 is 2.28 bits per heavy atom. The third-order valence-electron chi connectivity index (χ3n) is 7.66. The molecule has 0 aliphatic carbocycles. The Hall–Kier alpha value is -2.56. The number of benzene rings is 2. The largest absolute Gasteiger partial charge is 0.490 e. The summed E-state index contributed by atoms with van der Waals surface area (Å²) < 4.78 is 75.6. The number of rotatable bonds is 15. The van der Waals surface area contributed by atoms with Crippen LogP contribution in [0.25, 0.3) is 16.9 Å². The summed E-state index contributed by atoms with van der Waals surface area (Å²) in [6, 6.07) is 18.2. The molecule has 0 bridgehead atoms. The molecule has 4 aromatic rings. The average molecular weight is 776 g/mol. The van der Waals surface area contributed by atoms with Crippen molar-refractivity contribution in [3.63, 3.8) is 0 Å². The maximum Gasteiger partial charge on any atom is 0.490 e. The minimum absolute atomic E-state index is 0.265. The van der Waals surface area contributed by atoms with Crippen molar-refractivity contribution in [1.82, 2.24) is 14.0 Å². The number of halogens is 1. The lowest BCUT2D eigenvalue weighted by molar-refractivity contribution is -0.153. The highest BCUT2D eigenvalue weighted by Crippen LogP contribution is 2.67. The lowest BCUT2D eigenvalue weighted by Crippen LogP contribution is -2.35. The van der Waals surface area contributed by atoms with Crippen molar-refractivity contribution < 1.29 is 60.3 Å². The summed E-state index contributed by atoms with van der Waals surface area (Å²) in [6.07, 6.45) is -0.644. The zero-order valence-electron chi connectivity index (χ0n) is 26.2. The Bertz CT molecular complexity index is 2030. The number of hydrogen-bond acceptors (Lipinski definition) is 12. The van der Waals surface area contributed by atoms with E-state index < -0.39 is 66.6 Å². The molecule has 5 unspecified atom stereocenters. The van der Waals surface area contributed by atoms with Crippen LogP contribution in [0.3, 0.4) is 0 Å². The van der Waals surface area contributed by atoms with Gasteiger partial charge in [-0.2, -0.15) is 8.62 Å². The SMILES string of the molecule is CCCOP(=O)(O)OP(=O)(O)OP(=O)(O)OC[C@H]1O[C@@H](n2ccc3nc(-c4ccccc4Cl)cn3c2=O)[C@H]2OC(CCc3ccccc3)OC12. The molecule has 0 spiro atoms. The Morgan fingerprint density at radius 1 is 0.880 bits per heavy atom. The standard InChI is InChI=1S/C29H33ClN3O14P3/c1-2-16-41-48(35,36)46-50(39,40)47-49(37,38)42-18-23-26-27(45-25(44-26)13-12-19-8-4-3-5-9-19)28(43-23)32-15-14-24-31-22(17-33(24)29(32)34)20-10-6-7-11-21(20)30/h3-11,14-15,17,23,25-28H,2,12-13,16,18H2,1H3,(H,35,36)(H,37,38)(H,39,40)/t23-,25?,26?,27+,28-/m1/s1. The summed E-state index contributed by atoms with van der Waals surface area (Å²) in [7, 11) is -16.2. The summed E-state index contributed by atoms with van der Waals surface area (Å²) in [5.41, 5.74) is 1.89. The van der Waals surface area contributed by atoms with Crippen molar-refractivity contribution in [3.05, 3.63) is 94.1 Å². The molecule has 2 aliphatic rings. The maximum absolute atomic E-state index is 13.8. The number of imidazole rings is 1. The van der Waals surface area contributed by atoms with E-state index >= 15 is 0 Å². The van der Waals surface area contributed by atoms with Crippen LogP contribution in [-0.2, 0) is 52.0 Å². The predicted molar refractivity (Wildman–Crippen MR) is 176 cm³/mol. The first-order valence-corrected chi connectivity index (χ1v) is 20.2.